The number of aliphatic hydroxyl groups is 5. The number of nitrogens with zero attached hydrogens (tertiary/aromatic N) is 1. The maximum Gasteiger partial charge on any atom is 0.478 e. The van der Waals surface area contributed by atoms with Crippen molar-refractivity contribution in [2.45, 2.75) is 37.2 Å². The van der Waals surface area contributed by atoms with Crippen LogP contribution >= 0.6 is 15.6 Å². The summed E-state index contributed by atoms with van der Waals surface area (Å²) in [5.41, 5.74) is 15.3. The maximum atomic E-state index is 10.5. The molecule has 0 amide bonds. The zero-order valence-corrected chi connectivity index (χ0v) is 18.7. The number of carbonyl (C=O) groups is 2. The van der Waals surface area contributed by atoms with Gasteiger partial charge in [-0.05, 0) is 12.8 Å². The summed E-state index contributed by atoms with van der Waals surface area (Å²) >= 11 is 0. The lowest BCUT2D eigenvalue weighted by Gasteiger charge is -2.19. The van der Waals surface area contributed by atoms with Gasteiger partial charge in [-0.25, -0.2) is 9.13 Å². The topological polar surface area (TPSA) is 370 Å². The first-order valence-electron chi connectivity index (χ1n) is 8.43. The number of guanidine groups is 1. The Morgan fingerprint density at radius 3 is 1.70 bits per heavy atom. The molecule has 0 rings (SSSR count). The van der Waals surface area contributed by atoms with Crippen LogP contribution in [-0.4, -0.2) is 112 Å². The maximum absolute atomic E-state index is 10.5. The van der Waals surface area contributed by atoms with Crippen LogP contribution in [0.5, 0.6) is 0 Å². The van der Waals surface area contributed by atoms with E-state index in [4.69, 9.17) is 67.4 Å². The Labute approximate surface area is 186 Å². The number of Topliss-reactive ketones (excluding diaryl/α,β-unsaturated/α-hetero) is 1. The highest BCUT2D eigenvalue weighted by molar-refractivity contribution is 7.60. The van der Waals surface area contributed by atoms with Crippen molar-refractivity contribution in [2.24, 2.45) is 22.2 Å². The standard InChI is InChI=1S/C6H14N4O2.C6H12O6.H4O7P2/c7-4(5(11)12)2-1-3-10-6(8)9;7-1-3(9)5(11)6(12)4(10)2-8;1-8(2,3)7-9(4,5)6/h4H,1-3,7H2,(H,11,12)(H4,8,9,10);3,5-9,11-12H,1-2H2;(H2,1,2,3)(H2,4,5,6). The molecule has 0 aromatic heterocycles. The van der Waals surface area contributed by atoms with E-state index in [1.165, 1.54) is 0 Å². The number of rotatable bonds is 12. The van der Waals surface area contributed by atoms with Crippen molar-refractivity contribution < 1.29 is 73.2 Å². The number of nitrogens with two attached hydrogens (primary N) is 3. The summed E-state index contributed by atoms with van der Waals surface area (Å²) in [7, 11) is -10.1. The molecule has 16 N–H and O–H groups in total. The van der Waals surface area contributed by atoms with Gasteiger partial charge in [0, 0.05) is 6.54 Å². The molecule has 0 radical (unpaired) electrons. The summed E-state index contributed by atoms with van der Waals surface area (Å²) < 4.78 is 22.2. The Balaban J connectivity index is -0.000000414. The average Bonchev–Trinajstić information content (AvgIpc) is 2.66. The monoisotopic (exact) mass is 532 g/mol. The summed E-state index contributed by atoms with van der Waals surface area (Å²) in [6, 6.07) is -0.820. The van der Waals surface area contributed by atoms with Gasteiger partial charge in [0.1, 0.15) is 31.0 Å². The number of hydrogen-bond acceptors (Lipinski definition) is 12. The Hall–Kier alpha value is -1.57. The minimum absolute atomic E-state index is 0.0129. The van der Waals surface area contributed by atoms with Crippen molar-refractivity contribution in [2.75, 3.05) is 19.8 Å². The van der Waals surface area contributed by atoms with Crippen LogP contribution in [0.1, 0.15) is 12.8 Å². The molecule has 0 aliphatic carbocycles. The lowest BCUT2D eigenvalue weighted by atomic mass is 10.1. The second-order valence-electron chi connectivity index (χ2n) is 5.77. The number of ketones is 1. The van der Waals surface area contributed by atoms with E-state index in [2.05, 4.69) is 9.30 Å². The third-order valence-corrected chi connectivity index (χ3v) is 4.59. The first kappa shape index (κ1) is 36.0. The molecule has 0 saturated heterocycles. The van der Waals surface area contributed by atoms with Crippen molar-refractivity contribution in [1.82, 2.24) is 0 Å². The van der Waals surface area contributed by atoms with Crippen molar-refractivity contribution in [3.05, 3.63) is 0 Å². The fourth-order valence-corrected chi connectivity index (χ4v) is 2.49. The molecule has 0 spiro atoms. The molecule has 33 heavy (non-hydrogen) atoms. The highest BCUT2D eigenvalue weighted by atomic mass is 31.3. The number of phosphoric acid groups is 2. The number of carbonyl (C=O) groups excluding carboxylic acids is 1. The third kappa shape index (κ3) is 24.9. The van der Waals surface area contributed by atoms with Gasteiger partial charge in [0.25, 0.3) is 0 Å². The van der Waals surface area contributed by atoms with Crippen molar-refractivity contribution in [3.8, 4) is 0 Å². The predicted octanol–water partition coefficient (Wildman–Crippen LogP) is -5.74. The molecule has 21 heteroatoms. The van der Waals surface area contributed by atoms with Crippen LogP contribution in [0.15, 0.2) is 4.99 Å². The van der Waals surface area contributed by atoms with Crippen LogP contribution in [0.2, 0.25) is 0 Å². The van der Waals surface area contributed by atoms with Gasteiger partial charge >= 0.3 is 21.6 Å². The minimum Gasteiger partial charge on any atom is -0.480 e. The summed E-state index contributed by atoms with van der Waals surface area (Å²) in [5, 5.41) is 51.4. The van der Waals surface area contributed by atoms with E-state index in [9.17, 15) is 18.7 Å². The molecule has 19 nitrogen and oxygen atoms in total. The molecule has 4 atom stereocenters. The molecule has 0 saturated carbocycles. The number of aliphatic imine (C=N–C) groups is 1. The molecule has 4 unspecified atom stereocenters. The normalized spacial score (nSPS) is 14.8. The van der Waals surface area contributed by atoms with Gasteiger partial charge in [-0.2, -0.15) is 4.31 Å². The third-order valence-electron chi connectivity index (χ3n) is 2.89. The Morgan fingerprint density at radius 1 is 0.970 bits per heavy atom. The van der Waals surface area contributed by atoms with Crippen LogP contribution in [0.3, 0.4) is 0 Å². The second-order valence-corrected chi connectivity index (χ2v) is 8.38. The molecular weight excluding hydrogens is 502 g/mol. The van der Waals surface area contributed by atoms with Crippen LogP contribution in [0.25, 0.3) is 0 Å². The molecule has 0 aliphatic rings. The van der Waals surface area contributed by atoms with Crippen molar-refractivity contribution >= 4 is 33.4 Å². The van der Waals surface area contributed by atoms with Crippen LogP contribution in [0, 0.1) is 0 Å². The molecule has 198 valence electrons. The SMILES string of the molecule is NC(N)=NCCCC(N)C(=O)O.O=C(CO)C(O)C(O)C(O)CO.O=P(O)(O)OP(=O)(O)O. The summed E-state index contributed by atoms with van der Waals surface area (Å²) in [6.45, 7) is -1.27. The lowest BCUT2D eigenvalue weighted by molar-refractivity contribution is -0.142. The highest BCUT2D eigenvalue weighted by Crippen LogP contribution is 2.53. The lowest BCUT2D eigenvalue weighted by Crippen LogP contribution is -2.44. The highest BCUT2D eigenvalue weighted by Gasteiger charge is 2.29. The fourth-order valence-electron chi connectivity index (χ4n) is 1.38. The van der Waals surface area contributed by atoms with E-state index in [1.807, 2.05) is 0 Å². The van der Waals surface area contributed by atoms with Crippen LogP contribution in [-0.2, 0) is 23.0 Å². The quantitative estimate of drug-likeness (QED) is 0.0481. The Bertz CT molecular complexity index is 672. The fraction of sp³-hybridized carbons (Fsp3) is 0.750. The molecular formula is C12H30N4O15P2. The Kier molecular flexibility index (Phi) is 19.5. The van der Waals surface area contributed by atoms with Gasteiger partial charge < -0.3 is 67.4 Å². The molecule has 0 bridgehead atoms. The summed E-state index contributed by atoms with van der Waals surface area (Å²) in [5.74, 6) is -1.99. The van der Waals surface area contributed by atoms with Crippen LogP contribution in [0.4, 0.5) is 0 Å². The first-order chi connectivity index (χ1) is 14.8. The Morgan fingerprint density at radius 2 is 1.42 bits per heavy atom. The van der Waals surface area contributed by atoms with Gasteiger partial charge in [0.05, 0.1) is 6.61 Å². The van der Waals surface area contributed by atoms with Gasteiger partial charge in [0.2, 0.25) is 0 Å². The molecule has 0 heterocycles. The number of carboxylic acid groups (broad SMARTS) is 1. The van der Waals surface area contributed by atoms with E-state index >= 15 is 0 Å². The van der Waals surface area contributed by atoms with Gasteiger partial charge in [-0.3, -0.25) is 14.6 Å². The number of aliphatic hydroxyl groups excluding tert-OH is 5. The molecule has 0 aliphatic heterocycles. The van der Waals surface area contributed by atoms with E-state index in [0.29, 0.717) is 19.4 Å². The minimum atomic E-state index is -5.05. The van der Waals surface area contributed by atoms with Gasteiger partial charge in [0.15, 0.2) is 11.7 Å². The van der Waals surface area contributed by atoms with E-state index in [-0.39, 0.29) is 5.96 Å². The first-order valence-corrected chi connectivity index (χ1v) is 11.5. The van der Waals surface area contributed by atoms with Gasteiger partial charge in [-0.15, -0.1) is 0 Å². The van der Waals surface area contributed by atoms with E-state index < -0.39 is 65.0 Å². The van der Waals surface area contributed by atoms with Gasteiger partial charge in [-0.1, -0.05) is 0 Å². The molecule has 0 aromatic carbocycles. The average molecular weight is 532 g/mol. The molecule has 0 fully saturated rings. The summed E-state index contributed by atoms with van der Waals surface area (Å²) in [6.07, 6.45) is -4.26. The van der Waals surface area contributed by atoms with E-state index in [0.717, 1.165) is 0 Å². The zero-order chi connectivity index (χ0) is 27.0. The summed E-state index contributed by atoms with van der Waals surface area (Å²) in [4.78, 5) is 55.4. The second kappa shape index (κ2) is 17.8. The predicted molar refractivity (Wildman–Crippen MR) is 108 cm³/mol. The van der Waals surface area contributed by atoms with E-state index in [1.54, 1.807) is 0 Å². The number of hydrogen-bond donors (Lipinski definition) is 13. The number of aliphatic carboxylic acids is 1. The smallest absolute Gasteiger partial charge is 0.478 e. The van der Waals surface area contributed by atoms with Crippen LogP contribution < -0.4 is 17.2 Å². The molecule has 0 aromatic rings. The number of carboxylic acids is 1. The van der Waals surface area contributed by atoms with Crippen molar-refractivity contribution in [3.63, 3.8) is 0 Å². The largest absolute Gasteiger partial charge is 0.480 e. The van der Waals surface area contributed by atoms with Crippen molar-refractivity contribution in [1.29, 1.82) is 0 Å². The zero-order valence-electron chi connectivity index (χ0n) is 16.9.